The summed E-state index contributed by atoms with van der Waals surface area (Å²) in [6.07, 6.45) is 1.51. The molecule has 1 unspecified atom stereocenters. The topological polar surface area (TPSA) is 97.6 Å². The van der Waals surface area contributed by atoms with Gasteiger partial charge in [-0.2, -0.15) is 0 Å². The van der Waals surface area contributed by atoms with Gasteiger partial charge in [0.25, 0.3) is 11.8 Å². The molecule has 132 valence electrons. The number of carbonyl (C=O) groups is 3. The molecular weight excluding hydrogens is 392 g/mol. The number of rotatable bonds is 7. The van der Waals surface area contributed by atoms with Crippen LogP contribution in [0.15, 0.2) is 51.6 Å². The summed E-state index contributed by atoms with van der Waals surface area (Å²) in [7, 11) is 0. The second kappa shape index (κ2) is 9.03. The molecule has 0 aliphatic heterocycles. The minimum atomic E-state index is -0.703. The van der Waals surface area contributed by atoms with E-state index in [2.05, 4.69) is 26.6 Å². The summed E-state index contributed by atoms with van der Waals surface area (Å²) in [5.41, 5.74) is 0.418. The van der Waals surface area contributed by atoms with E-state index in [0.717, 1.165) is 4.47 Å². The molecule has 1 atom stereocenters. The van der Waals surface area contributed by atoms with Gasteiger partial charge in [0.1, 0.15) is 12.3 Å². The Morgan fingerprint density at radius 3 is 2.56 bits per heavy atom. The molecule has 0 radical (unpaired) electrons. The second-order valence-corrected chi connectivity index (χ2v) is 6.07. The minimum absolute atomic E-state index is 0.323. The number of carbonyl (C=O) groups excluding carboxylic acids is 3. The van der Waals surface area contributed by atoms with Gasteiger partial charge in [-0.25, -0.2) is 0 Å². The number of furan rings is 1. The van der Waals surface area contributed by atoms with Crippen molar-refractivity contribution < 1.29 is 23.5 Å². The van der Waals surface area contributed by atoms with Gasteiger partial charge in [0.15, 0.2) is 6.61 Å². The molecule has 0 saturated heterocycles. The zero-order valence-electron chi connectivity index (χ0n) is 13.5. The predicted octanol–water partition coefficient (Wildman–Crippen LogP) is 2.19. The van der Waals surface area contributed by atoms with Gasteiger partial charge >= 0.3 is 5.97 Å². The van der Waals surface area contributed by atoms with Gasteiger partial charge in [-0.3, -0.25) is 14.4 Å². The monoisotopic (exact) mass is 408 g/mol. The van der Waals surface area contributed by atoms with Crippen molar-refractivity contribution in [1.82, 2.24) is 10.6 Å². The molecule has 1 aromatic heterocycles. The molecule has 1 aromatic carbocycles. The molecule has 2 amide bonds. The van der Waals surface area contributed by atoms with E-state index in [-0.39, 0.29) is 12.6 Å². The Balaban J connectivity index is 1.68. The average molecular weight is 409 g/mol. The smallest absolute Gasteiger partial charge is 0.325 e. The van der Waals surface area contributed by atoms with Crippen LogP contribution in [-0.2, 0) is 14.3 Å². The van der Waals surface area contributed by atoms with Crippen LogP contribution in [0.1, 0.15) is 29.1 Å². The fourth-order valence-corrected chi connectivity index (χ4v) is 2.21. The molecule has 2 rings (SSSR count). The number of nitrogens with one attached hydrogen (secondary N) is 2. The number of hydrogen-bond donors (Lipinski definition) is 2. The van der Waals surface area contributed by atoms with Crippen molar-refractivity contribution >= 4 is 33.7 Å². The first-order valence-electron chi connectivity index (χ1n) is 7.48. The number of halogens is 1. The summed E-state index contributed by atoms with van der Waals surface area (Å²) in [4.78, 5) is 35.2. The third kappa shape index (κ3) is 6.07. The van der Waals surface area contributed by atoms with Crippen LogP contribution in [0.3, 0.4) is 0 Å². The van der Waals surface area contributed by atoms with Crippen LogP contribution < -0.4 is 10.6 Å². The summed E-state index contributed by atoms with van der Waals surface area (Å²) in [5, 5.41) is 5.06. The van der Waals surface area contributed by atoms with Gasteiger partial charge in [-0.1, -0.05) is 15.9 Å². The molecule has 2 N–H and O–H groups in total. The first-order chi connectivity index (χ1) is 12.0. The number of hydrogen-bond acceptors (Lipinski definition) is 5. The molecule has 0 fully saturated rings. The molecule has 8 heteroatoms. The average Bonchev–Trinajstić information content (AvgIpc) is 3.13. The fourth-order valence-electron chi connectivity index (χ4n) is 1.94. The minimum Gasteiger partial charge on any atom is -0.467 e. The summed E-state index contributed by atoms with van der Waals surface area (Å²) in [6.45, 7) is 0.991. The first kappa shape index (κ1) is 18.7. The Labute approximate surface area is 152 Å². The SMILES string of the molecule is CC(NC(=O)COC(=O)CNC(=O)c1ccc(Br)cc1)c1ccco1. The summed E-state index contributed by atoms with van der Waals surface area (Å²) in [5.74, 6) is -0.968. The molecule has 25 heavy (non-hydrogen) atoms. The van der Waals surface area contributed by atoms with Crippen molar-refractivity contribution in [2.24, 2.45) is 0 Å². The van der Waals surface area contributed by atoms with E-state index in [9.17, 15) is 14.4 Å². The third-order valence-electron chi connectivity index (χ3n) is 3.21. The fraction of sp³-hybridized carbons (Fsp3) is 0.235. The normalized spacial score (nSPS) is 11.4. The van der Waals surface area contributed by atoms with E-state index >= 15 is 0 Å². The number of benzene rings is 1. The maximum Gasteiger partial charge on any atom is 0.325 e. The van der Waals surface area contributed by atoms with Gasteiger partial charge in [0.2, 0.25) is 0 Å². The van der Waals surface area contributed by atoms with Gasteiger partial charge in [0.05, 0.1) is 12.3 Å². The van der Waals surface area contributed by atoms with E-state index in [1.54, 1.807) is 43.3 Å². The highest BCUT2D eigenvalue weighted by Crippen LogP contribution is 2.12. The standard InChI is InChI=1S/C17H17BrN2O5/c1-11(14-3-2-8-24-14)20-15(21)10-25-16(22)9-19-17(23)12-4-6-13(18)7-5-12/h2-8,11H,9-10H2,1H3,(H,19,23)(H,20,21). The summed E-state index contributed by atoms with van der Waals surface area (Å²) in [6, 6.07) is 9.79. The molecule has 0 aliphatic rings. The number of ether oxygens (including phenoxy) is 1. The Bertz CT molecular complexity index is 728. The second-order valence-electron chi connectivity index (χ2n) is 5.15. The van der Waals surface area contributed by atoms with E-state index < -0.39 is 24.4 Å². The lowest BCUT2D eigenvalue weighted by atomic mass is 10.2. The molecule has 0 saturated carbocycles. The van der Waals surface area contributed by atoms with Gasteiger partial charge < -0.3 is 19.8 Å². The van der Waals surface area contributed by atoms with E-state index in [0.29, 0.717) is 11.3 Å². The van der Waals surface area contributed by atoms with Crippen LogP contribution >= 0.6 is 15.9 Å². The van der Waals surface area contributed by atoms with Crippen LogP contribution in [0, 0.1) is 0 Å². The van der Waals surface area contributed by atoms with Crippen LogP contribution in [0.4, 0.5) is 0 Å². The zero-order valence-corrected chi connectivity index (χ0v) is 15.0. The van der Waals surface area contributed by atoms with Gasteiger partial charge in [-0.05, 0) is 43.3 Å². The number of esters is 1. The van der Waals surface area contributed by atoms with Crippen LogP contribution in [-0.4, -0.2) is 30.9 Å². The maximum atomic E-state index is 11.9. The van der Waals surface area contributed by atoms with Crippen molar-refractivity contribution in [3.8, 4) is 0 Å². The Morgan fingerprint density at radius 1 is 1.20 bits per heavy atom. The zero-order chi connectivity index (χ0) is 18.2. The first-order valence-corrected chi connectivity index (χ1v) is 8.27. The van der Waals surface area contributed by atoms with E-state index in [4.69, 9.17) is 9.15 Å². The predicted molar refractivity (Wildman–Crippen MR) is 92.7 cm³/mol. The Hall–Kier alpha value is -2.61. The molecule has 1 heterocycles. The van der Waals surface area contributed by atoms with Crippen molar-refractivity contribution in [3.05, 3.63) is 58.5 Å². The van der Waals surface area contributed by atoms with Gasteiger partial charge in [-0.15, -0.1) is 0 Å². The maximum absolute atomic E-state index is 11.9. The largest absolute Gasteiger partial charge is 0.467 e. The molecule has 7 nitrogen and oxygen atoms in total. The van der Waals surface area contributed by atoms with E-state index in [1.165, 1.54) is 6.26 Å². The highest BCUT2D eigenvalue weighted by Gasteiger charge is 2.14. The highest BCUT2D eigenvalue weighted by molar-refractivity contribution is 9.10. The van der Waals surface area contributed by atoms with Crippen molar-refractivity contribution in [3.63, 3.8) is 0 Å². The lowest BCUT2D eigenvalue weighted by molar-refractivity contribution is -0.147. The molecule has 0 bridgehead atoms. The molecule has 0 spiro atoms. The Morgan fingerprint density at radius 2 is 1.92 bits per heavy atom. The van der Waals surface area contributed by atoms with Crippen LogP contribution in [0.5, 0.6) is 0 Å². The quantitative estimate of drug-likeness (QED) is 0.684. The third-order valence-corrected chi connectivity index (χ3v) is 3.74. The number of amides is 2. The molecule has 0 aliphatic carbocycles. The molecule has 2 aromatic rings. The summed E-state index contributed by atoms with van der Waals surface area (Å²) >= 11 is 3.27. The summed E-state index contributed by atoms with van der Waals surface area (Å²) < 4.78 is 10.8. The Kier molecular flexibility index (Phi) is 6.76. The lowest BCUT2D eigenvalue weighted by Gasteiger charge is -2.11. The van der Waals surface area contributed by atoms with Gasteiger partial charge in [0, 0.05) is 10.0 Å². The lowest BCUT2D eigenvalue weighted by Crippen LogP contribution is -2.34. The van der Waals surface area contributed by atoms with Crippen LogP contribution in [0.25, 0.3) is 0 Å². The highest BCUT2D eigenvalue weighted by atomic mass is 79.9. The van der Waals surface area contributed by atoms with Crippen molar-refractivity contribution in [2.45, 2.75) is 13.0 Å². The van der Waals surface area contributed by atoms with Crippen molar-refractivity contribution in [1.29, 1.82) is 0 Å². The van der Waals surface area contributed by atoms with Crippen LogP contribution in [0.2, 0.25) is 0 Å². The van der Waals surface area contributed by atoms with E-state index in [1.807, 2.05) is 0 Å². The van der Waals surface area contributed by atoms with Crippen molar-refractivity contribution in [2.75, 3.05) is 13.2 Å². The molecular formula is C17H17BrN2O5.